The maximum absolute atomic E-state index is 6.15. The Balaban J connectivity index is 0.00000120. The zero-order chi connectivity index (χ0) is 11.7. The summed E-state index contributed by atoms with van der Waals surface area (Å²) in [6, 6.07) is 8.16. The Morgan fingerprint density at radius 3 is 2.67 bits per heavy atom. The molecule has 2 heterocycles. The molecule has 1 fully saturated rings. The molecule has 0 saturated carbocycles. The van der Waals surface area contributed by atoms with Gasteiger partial charge in [-0.05, 0) is 37.5 Å². The molecule has 2 aromatic rings. The molecule has 0 spiro atoms. The SMILES string of the molecule is Cl.Nc1cc2cccnc2cc1N1CCCCC1. The molecule has 3 nitrogen and oxygen atoms in total. The van der Waals surface area contributed by atoms with Gasteiger partial charge in [-0.15, -0.1) is 12.4 Å². The average molecular weight is 264 g/mol. The van der Waals surface area contributed by atoms with Crippen LogP contribution in [0.25, 0.3) is 10.9 Å². The molecule has 4 heteroatoms. The molecule has 1 aromatic heterocycles. The molecule has 0 aliphatic carbocycles. The van der Waals surface area contributed by atoms with Crippen molar-refractivity contribution in [2.45, 2.75) is 19.3 Å². The quantitative estimate of drug-likeness (QED) is 0.804. The number of nitrogens with two attached hydrogens (primary N) is 1. The van der Waals surface area contributed by atoms with E-state index < -0.39 is 0 Å². The number of hydrogen-bond acceptors (Lipinski definition) is 3. The molecule has 0 bridgehead atoms. The summed E-state index contributed by atoms with van der Waals surface area (Å²) in [7, 11) is 0. The molecule has 1 aliphatic heterocycles. The van der Waals surface area contributed by atoms with E-state index in [1.807, 2.05) is 18.3 Å². The van der Waals surface area contributed by atoms with Crippen LogP contribution < -0.4 is 10.6 Å². The van der Waals surface area contributed by atoms with Crippen LogP contribution in [-0.2, 0) is 0 Å². The van der Waals surface area contributed by atoms with Gasteiger partial charge in [-0.2, -0.15) is 0 Å². The predicted molar refractivity (Wildman–Crippen MR) is 79.5 cm³/mol. The number of halogens is 1. The zero-order valence-electron chi connectivity index (χ0n) is 10.3. The van der Waals surface area contributed by atoms with Gasteiger partial charge in [0.05, 0.1) is 16.9 Å². The molecule has 2 N–H and O–H groups in total. The second kappa shape index (κ2) is 5.44. The Morgan fingerprint density at radius 2 is 1.89 bits per heavy atom. The summed E-state index contributed by atoms with van der Waals surface area (Å²) in [5.74, 6) is 0. The summed E-state index contributed by atoms with van der Waals surface area (Å²) >= 11 is 0. The number of aromatic nitrogens is 1. The van der Waals surface area contributed by atoms with Gasteiger partial charge < -0.3 is 10.6 Å². The smallest absolute Gasteiger partial charge is 0.0724 e. The minimum absolute atomic E-state index is 0. The third-order valence-electron chi connectivity index (χ3n) is 3.45. The standard InChI is InChI=1S/C14H17N3.ClH/c15-12-9-11-5-4-6-16-13(11)10-14(12)17-7-2-1-3-8-17;/h4-6,9-10H,1-3,7-8,15H2;1H. The highest BCUT2D eigenvalue weighted by Crippen LogP contribution is 2.30. The van der Waals surface area contributed by atoms with Crippen molar-refractivity contribution in [1.82, 2.24) is 4.98 Å². The minimum Gasteiger partial charge on any atom is -0.397 e. The number of hydrogen-bond donors (Lipinski definition) is 1. The second-order valence-electron chi connectivity index (χ2n) is 4.65. The first kappa shape index (κ1) is 13.0. The van der Waals surface area contributed by atoms with Gasteiger partial charge >= 0.3 is 0 Å². The van der Waals surface area contributed by atoms with Crippen molar-refractivity contribution in [1.29, 1.82) is 0 Å². The highest BCUT2D eigenvalue weighted by atomic mass is 35.5. The van der Waals surface area contributed by atoms with Crippen LogP contribution >= 0.6 is 12.4 Å². The van der Waals surface area contributed by atoms with Crippen LogP contribution in [0.4, 0.5) is 11.4 Å². The third kappa shape index (κ3) is 2.36. The lowest BCUT2D eigenvalue weighted by Crippen LogP contribution is -2.30. The second-order valence-corrected chi connectivity index (χ2v) is 4.65. The van der Waals surface area contributed by atoms with Crippen LogP contribution in [0.3, 0.4) is 0 Å². The van der Waals surface area contributed by atoms with Gasteiger partial charge in [-0.3, -0.25) is 4.98 Å². The van der Waals surface area contributed by atoms with Crippen molar-refractivity contribution in [2.24, 2.45) is 0 Å². The fourth-order valence-corrected chi connectivity index (χ4v) is 2.54. The summed E-state index contributed by atoms with van der Waals surface area (Å²) in [4.78, 5) is 6.78. The minimum atomic E-state index is 0. The largest absolute Gasteiger partial charge is 0.397 e. The first-order chi connectivity index (χ1) is 8.34. The zero-order valence-corrected chi connectivity index (χ0v) is 11.1. The van der Waals surface area contributed by atoms with Gasteiger partial charge in [-0.25, -0.2) is 0 Å². The highest BCUT2D eigenvalue weighted by Gasteiger charge is 2.14. The molecular formula is C14H18ClN3. The summed E-state index contributed by atoms with van der Waals surface area (Å²) in [5, 5.41) is 1.12. The lowest BCUT2D eigenvalue weighted by atomic mass is 10.1. The molecule has 18 heavy (non-hydrogen) atoms. The molecule has 1 saturated heterocycles. The topological polar surface area (TPSA) is 42.1 Å². The van der Waals surface area contributed by atoms with E-state index in [1.165, 1.54) is 19.3 Å². The Labute approximate surface area is 113 Å². The van der Waals surface area contributed by atoms with Gasteiger partial charge in [-0.1, -0.05) is 6.07 Å². The number of rotatable bonds is 1. The van der Waals surface area contributed by atoms with Gasteiger partial charge in [0.2, 0.25) is 0 Å². The number of nitrogen functional groups attached to an aromatic ring is 1. The van der Waals surface area contributed by atoms with Crippen LogP contribution in [0.15, 0.2) is 30.5 Å². The van der Waals surface area contributed by atoms with E-state index in [0.29, 0.717) is 0 Å². The molecule has 3 rings (SSSR count). The van der Waals surface area contributed by atoms with Crippen LogP contribution in [0, 0.1) is 0 Å². The van der Waals surface area contributed by atoms with E-state index >= 15 is 0 Å². The van der Waals surface area contributed by atoms with Crippen LogP contribution in [0.1, 0.15) is 19.3 Å². The Bertz CT molecular complexity index is 536. The van der Waals surface area contributed by atoms with Crippen molar-refractivity contribution in [2.75, 3.05) is 23.7 Å². The van der Waals surface area contributed by atoms with Crippen LogP contribution in [0.2, 0.25) is 0 Å². The van der Waals surface area contributed by atoms with Gasteiger partial charge in [0.25, 0.3) is 0 Å². The molecular weight excluding hydrogens is 246 g/mol. The number of nitrogens with zero attached hydrogens (tertiary/aromatic N) is 2. The number of fused-ring (bicyclic) bond motifs is 1. The van der Waals surface area contributed by atoms with E-state index in [-0.39, 0.29) is 12.4 Å². The molecule has 1 aliphatic rings. The third-order valence-corrected chi connectivity index (χ3v) is 3.45. The van der Waals surface area contributed by atoms with Crippen LogP contribution in [0.5, 0.6) is 0 Å². The number of pyridine rings is 1. The Hall–Kier alpha value is -1.48. The predicted octanol–water partition coefficient (Wildman–Crippen LogP) is 3.23. The van der Waals surface area contributed by atoms with Gasteiger partial charge in [0.1, 0.15) is 0 Å². The van der Waals surface area contributed by atoms with E-state index in [2.05, 4.69) is 22.0 Å². The molecule has 0 unspecified atom stereocenters. The molecule has 0 amide bonds. The number of piperidine rings is 1. The van der Waals surface area contributed by atoms with E-state index in [1.54, 1.807) is 0 Å². The summed E-state index contributed by atoms with van der Waals surface area (Å²) < 4.78 is 0. The van der Waals surface area contributed by atoms with Crippen LogP contribution in [-0.4, -0.2) is 18.1 Å². The van der Waals surface area contributed by atoms with Crippen molar-refractivity contribution in [3.8, 4) is 0 Å². The fourth-order valence-electron chi connectivity index (χ4n) is 2.54. The molecule has 1 aromatic carbocycles. The number of benzene rings is 1. The lowest BCUT2D eigenvalue weighted by molar-refractivity contribution is 0.578. The van der Waals surface area contributed by atoms with E-state index in [9.17, 15) is 0 Å². The van der Waals surface area contributed by atoms with Gasteiger partial charge in [0, 0.05) is 24.7 Å². The monoisotopic (exact) mass is 263 g/mol. The lowest BCUT2D eigenvalue weighted by Gasteiger charge is -2.30. The van der Waals surface area contributed by atoms with Crippen molar-refractivity contribution >= 4 is 34.7 Å². The Morgan fingerprint density at radius 1 is 1.11 bits per heavy atom. The first-order valence-corrected chi connectivity index (χ1v) is 6.24. The summed E-state index contributed by atoms with van der Waals surface area (Å²) in [6.07, 6.45) is 5.69. The van der Waals surface area contributed by atoms with Crippen molar-refractivity contribution in [3.05, 3.63) is 30.5 Å². The van der Waals surface area contributed by atoms with Gasteiger partial charge in [0.15, 0.2) is 0 Å². The molecule has 0 atom stereocenters. The average Bonchev–Trinajstić information content (AvgIpc) is 2.39. The first-order valence-electron chi connectivity index (χ1n) is 6.24. The maximum atomic E-state index is 6.15. The summed E-state index contributed by atoms with van der Waals surface area (Å²) in [6.45, 7) is 2.23. The highest BCUT2D eigenvalue weighted by molar-refractivity contribution is 5.89. The summed E-state index contributed by atoms with van der Waals surface area (Å²) in [5.41, 5.74) is 9.19. The van der Waals surface area contributed by atoms with Crippen molar-refractivity contribution < 1.29 is 0 Å². The van der Waals surface area contributed by atoms with E-state index in [4.69, 9.17) is 5.73 Å². The Kier molecular flexibility index (Phi) is 3.92. The van der Waals surface area contributed by atoms with E-state index in [0.717, 1.165) is 35.4 Å². The fraction of sp³-hybridized carbons (Fsp3) is 0.357. The van der Waals surface area contributed by atoms with Crippen molar-refractivity contribution in [3.63, 3.8) is 0 Å². The molecule has 0 radical (unpaired) electrons. The molecule has 96 valence electrons. The number of anilines is 2. The maximum Gasteiger partial charge on any atom is 0.0724 e. The normalized spacial score (nSPS) is 15.4.